The minimum atomic E-state index is -0.0665. The lowest BCUT2D eigenvalue weighted by molar-refractivity contribution is 0.0525. The summed E-state index contributed by atoms with van der Waals surface area (Å²) in [6, 6.07) is 2.12. The average molecular weight is 220 g/mol. The van der Waals surface area contributed by atoms with Gasteiger partial charge in [-0.2, -0.15) is 0 Å². The summed E-state index contributed by atoms with van der Waals surface area (Å²) >= 11 is 0. The van der Waals surface area contributed by atoms with Crippen molar-refractivity contribution >= 4 is 0 Å². The summed E-state index contributed by atoms with van der Waals surface area (Å²) in [5.41, 5.74) is -0.0665. The van der Waals surface area contributed by atoms with Gasteiger partial charge in [0.05, 0.1) is 5.54 Å². The van der Waals surface area contributed by atoms with Crippen LogP contribution in [0.2, 0.25) is 0 Å². The Kier molecular flexibility index (Phi) is 3.28. The second-order valence-corrected chi connectivity index (χ2v) is 5.72. The van der Waals surface area contributed by atoms with Crippen LogP contribution in [0, 0.1) is 12.3 Å². The summed E-state index contributed by atoms with van der Waals surface area (Å²) < 4.78 is 0. The van der Waals surface area contributed by atoms with E-state index in [1.165, 1.54) is 25.7 Å². The Hall–Kier alpha value is -0.520. The molecule has 2 aliphatic heterocycles. The van der Waals surface area contributed by atoms with E-state index in [1.54, 1.807) is 0 Å². The molecule has 0 spiro atoms. The van der Waals surface area contributed by atoms with Crippen molar-refractivity contribution in [2.75, 3.05) is 6.54 Å². The van der Waals surface area contributed by atoms with Gasteiger partial charge in [-0.05, 0) is 46.1 Å². The lowest BCUT2D eigenvalue weighted by Gasteiger charge is -2.46. The number of nitrogens with one attached hydrogen (secondary N) is 1. The van der Waals surface area contributed by atoms with E-state index in [2.05, 4.69) is 36.9 Å². The third kappa shape index (κ3) is 1.99. The van der Waals surface area contributed by atoms with Crippen LogP contribution in [0.25, 0.3) is 0 Å². The van der Waals surface area contributed by atoms with Crippen molar-refractivity contribution in [2.45, 2.75) is 70.1 Å². The number of hydrogen-bond acceptors (Lipinski definition) is 2. The van der Waals surface area contributed by atoms with E-state index in [0.717, 1.165) is 6.54 Å². The number of terminal acetylenes is 1. The van der Waals surface area contributed by atoms with Gasteiger partial charge in [0.15, 0.2) is 0 Å². The first-order valence-corrected chi connectivity index (χ1v) is 6.58. The Morgan fingerprint density at radius 3 is 2.31 bits per heavy atom. The molecule has 2 bridgehead atoms. The van der Waals surface area contributed by atoms with Crippen molar-refractivity contribution in [3.63, 3.8) is 0 Å². The SMILES string of the molecule is C#CC(C)(C)N1C2CCC1CC(NCC)C2. The summed E-state index contributed by atoms with van der Waals surface area (Å²) in [6.45, 7) is 7.65. The van der Waals surface area contributed by atoms with Gasteiger partial charge in [0, 0.05) is 18.1 Å². The van der Waals surface area contributed by atoms with Gasteiger partial charge in [-0.25, -0.2) is 0 Å². The van der Waals surface area contributed by atoms with E-state index in [4.69, 9.17) is 6.42 Å². The van der Waals surface area contributed by atoms with Crippen LogP contribution in [-0.2, 0) is 0 Å². The Labute approximate surface area is 99.8 Å². The van der Waals surface area contributed by atoms with Gasteiger partial charge in [-0.1, -0.05) is 12.8 Å². The molecule has 2 fully saturated rings. The lowest BCUT2D eigenvalue weighted by atomic mass is 9.91. The maximum atomic E-state index is 5.68. The Bertz CT molecular complexity index is 276. The van der Waals surface area contributed by atoms with Gasteiger partial charge in [-0.15, -0.1) is 6.42 Å². The molecule has 2 nitrogen and oxygen atoms in total. The predicted molar refractivity (Wildman–Crippen MR) is 68.3 cm³/mol. The smallest absolute Gasteiger partial charge is 0.0770 e. The van der Waals surface area contributed by atoms with Crippen molar-refractivity contribution in [2.24, 2.45) is 0 Å². The Balaban J connectivity index is 2.09. The molecule has 2 atom stereocenters. The lowest BCUT2D eigenvalue weighted by Crippen LogP contribution is -2.56. The molecule has 2 heteroatoms. The molecular weight excluding hydrogens is 196 g/mol. The molecule has 2 heterocycles. The fraction of sp³-hybridized carbons (Fsp3) is 0.857. The van der Waals surface area contributed by atoms with Gasteiger partial charge in [0.1, 0.15) is 0 Å². The Morgan fingerprint density at radius 1 is 1.31 bits per heavy atom. The van der Waals surface area contributed by atoms with E-state index in [9.17, 15) is 0 Å². The van der Waals surface area contributed by atoms with Gasteiger partial charge >= 0.3 is 0 Å². The average Bonchev–Trinajstić information content (AvgIpc) is 2.53. The van der Waals surface area contributed by atoms with Crippen LogP contribution >= 0.6 is 0 Å². The van der Waals surface area contributed by atoms with Crippen LogP contribution in [0.4, 0.5) is 0 Å². The van der Waals surface area contributed by atoms with Crippen LogP contribution in [-0.4, -0.2) is 35.1 Å². The second-order valence-electron chi connectivity index (χ2n) is 5.72. The number of fused-ring (bicyclic) bond motifs is 2. The van der Waals surface area contributed by atoms with Gasteiger partial charge in [0.25, 0.3) is 0 Å². The summed E-state index contributed by atoms with van der Waals surface area (Å²) in [5.74, 6) is 2.96. The highest BCUT2D eigenvalue weighted by Gasteiger charge is 2.46. The molecule has 2 aliphatic rings. The highest BCUT2D eigenvalue weighted by Crippen LogP contribution is 2.40. The zero-order valence-corrected chi connectivity index (χ0v) is 10.8. The van der Waals surface area contributed by atoms with Crippen LogP contribution in [0.5, 0.6) is 0 Å². The molecule has 16 heavy (non-hydrogen) atoms. The monoisotopic (exact) mass is 220 g/mol. The molecule has 0 aliphatic carbocycles. The predicted octanol–water partition coefficient (Wildman–Crippen LogP) is 2.00. The zero-order chi connectivity index (χ0) is 11.8. The Morgan fingerprint density at radius 2 is 1.88 bits per heavy atom. The first-order valence-electron chi connectivity index (χ1n) is 6.58. The second kappa shape index (κ2) is 4.39. The largest absolute Gasteiger partial charge is 0.314 e. The van der Waals surface area contributed by atoms with E-state index >= 15 is 0 Å². The molecule has 0 saturated carbocycles. The maximum Gasteiger partial charge on any atom is 0.0770 e. The molecule has 0 radical (unpaired) electrons. The van der Waals surface area contributed by atoms with E-state index in [1.807, 2.05) is 0 Å². The summed E-state index contributed by atoms with van der Waals surface area (Å²) in [4.78, 5) is 2.60. The van der Waals surface area contributed by atoms with E-state index < -0.39 is 0 Å². The van der Waals surface area contributed by atoms with Gasteiger partial charge < -0.3 is 5.32 Å². The molecule has 2 unspecified atom stereocenters. The fourth-order valence-electron chi connectivity index (χ4n) is 3.62. The molecule has 1 N–H and O–H groups in total. The number of piperidine rings is 1. The molecule has 0 amide bonds. The first-order chi connectivity index (χ1) is 7.58. The first kappa shape index (κ1) is 12.0. The van der Waals surface area contributed by atoms with Crippen molar-refractivity contribution in [3.05, 3.63) is 0 Å². The number of nitrogens with zero attached hydrogens (tertiary/aromatic N) is 1. The molecule has 0 aromatic heterocycles. The molecule has 0 aromatic carbocycles. The third-order valence-corrected chi connectivity index (χ3v) is 4.22. The third-order valence-electron chi connectivity index (χ3n) is 4.22. The minimum absolute atomic E-state index is 0.0665. The molecule has 2 saturated heterocycles. The van der Waals surface area contributed by atoms with Gasteiger partial charge in [-0.3, -0.25) is 4.90 Å². The maximum absolute atomic E-state index is 5.68. The van der Waals surface area contributed by atoms with Crippen molar-refractivity contribution in [1.29, 1.82) is 0 Å². The van der Waals surface area contributed by atoms with Crippen molar-refractivity contribution < 1.29 is 0 Å². The standard InChI is InChI=1S/C14H24N2/c1-5-14(3,4)16-12-7-8-13(16)10-11(9-12)15-6-2/h1,11-13,15H,6-10H2,2-4H3. The summed E-state index contributed by atoms with van der Waals surface area (Å²) in [6.07, 6.45) is 10.9. The summed E-state index contributed by atoms with van der Waals surface area (Å²) in [5, 5.41) is 3.60. The fourth-order valence-corrected chi connectivity index (χ4v) is 3.62. The minimum Gasteiger partial charge on any atom is -0.314 e. The van der Waals surface area contributed by atoms with Crippen LogP contribution in [0.1, 0.15) is 46.5 Å². The van der Waals surface area contributed by atoms with Crippen LogP contribution in [0.15, 0.2) is 0 Å². The highest BCUT2D eigenvalue weighted by atomic mass is 15.3. The molecule has 0 aromatic rings. The van der Waals surface area contributed by atoms with Crippen LogP contribution in [0.3, 0.4) is 0 Å². The van der Waals surface area contributed by atoms with Crippen molar-refractivity contribution in [1.82, 2.24) is 10.2 Å². The molecule has 2 rings (SSSR count). The quantitative estimate of drug-likeness (QED) is 0.732. The number of hydrogen-bond donors (Lipinski definition) is 1. The number of rotatable bonds is 3. The van der Waals surface area contributed by atoms with Crippen molar-refractivity contribution in [3.8, 4) is 12.3 Å². The summed E-state index contributed by atoms with van der Waals surface area (Å²) in [7, 11) is 0. The normalized spacial score (nSPS) is 35.0. The highest BCUT2D eigenvalue weighted by molar-refractivity contribution is 5.14. The molecular formula is C14H24N2. The van der Waals surface area contributed by atoms with Crippen LogP contribution < -0.4 is 5.32 Å². The topological polar surface area (TPSA) is 15.3 Å². The molecule has 90 valence electrons. The van der Waals surface area contributed by atoms with E-state index in [0.29, 0.717) is 18.1 Å². The van der Waals surface area contributed by atoms with E-state index in [-0.39, 0.29) is 5.54 Å². The zero-order valence-electron chi connectivity index (χ0n) is 10.8. The van der Waals surface area contributed by atoms with Gasteiger partial charge in [0.2, 0.25) is 0 Å².